The molecular weight excluding hydrogens is 288 g/mol. The van der Waals surface area contributed by atoms with Crippen molar-refractivity contribution in [3.63, 3.8) is 0 Å². The molecule has 1 N–H and O–H groups in total. The Morgan fingerprint density at radius 2 is 2.04 bits per heavy atom. The minimum Gasteiger partial charge on any atom is -0.496 e. The van der Waals surface area contributed by atoms with Crippen molar-refractivity contribution in [1.82, 2.24) is 20.1 Å². The fourth-order valence-electron chi connectivity index (χ4n) is 3.27. The van der Waals surface area contributed by atoms with Crippen LogP contribution in [0.5, 0.6) is 5.75 Å². The number of methoxy groups -OCH3 is 1. The van der Waals surface area contributed by atoms with Crippen LogP contribution < -0.4 is 10.1 Å². The number of para-hydroxylation sites is 1. The van der Waals surface area contributed by atoms with Gasteiger partial charge in [-0.25, -0.2) is 4.98 Å². The van der Waals surface area contributed by atoms with Crippen LogP contribution in [0.3, 0.4) is 0 Å². The number of aryl methyl sites for hydroxylation is 1. The summed E-state index contributed by atoms with van der Waals surface area (Å²) >= 11 is 0. The summed E-state index contributed by atoms with van der Waals surface area (Å²) in [5.41, 5.74) is 1.14. The summed E-state index contributed by atoms with van der Waals surface area (Å²) in [7, 11) is 1.71. The van der Waals surface area contributed by atoms with Gasteiger partial charge in [-0.3, -0.25) is 4.68 Å². The summed E-state index contributed by atoms with van der Waals surface area (Å²) in [4.78, 5) is 4.82. The van der Waals surface area contributed by atoms with Gasteiger partial charge in [0.15, 0.2) is 5.82 Å². The lowest BCUT2D eigenvalue weighted by molar-refractivity contribution is 0.361. The smallest absolute Gasteiger partial charge is 0.155 e. The third-order valence-corrected chi connectivity index (χ3v) is 4.56. The summed E-state index contributed by atoms with van der Waals surface area (Å²) in [6.07, 6.45) is 4.22. The second kappa shape index (κ2) is 7.59. The Labute approximate surface area is 138 Å². The third-order valence-electron chi connectivity index (χ3n) is 4.56. The van der Waals surface area contributed by atoms with Crippen LogP contribution in [-0.2, 0) is 19.4 Å². The Balaban J connectivity index is 1.75. The van der Waals surface area contributed by atoms with E-state index in [-0.39, 0.29) is 0 Å². The summed E-state index contributed by atoms with van der Waals surface area (Å²) in [6.45, 7) is 5.25. The standard InChI is InChI=1S/C18H26N4O/c1-3-22-18(12-14-8-10-19-11-9-14)20-17(21-22)13-15-6-4-5-7-16(15)23-2/h4-7,14,19H,3,8-13H2,1-2H3. The molecule has 23 heavy (non-hydrogen) atoms. The van der Waals surface area contributed by atoms with Gasteiger partial charge in [-0.2, -0.15) is 5.10 Å². The van der Waals surface area contributed by atoms with E-state index in [9.17, 15) is 0 Å². The first-order chi connectivity index (χ1) is 11.3. The molecule has 1 saturated heterocycles. The molecule has 0 atom stereocenters. The third kappa shape index (κ3) is 3.91. The molecule has 0 radical (unpaired) electrons. The predicted molar refractivity (Wildman–Crippen MR) is 90.8 cm³/mol. The van der Waals surface area contributed by atoms with Gasteiger partial charge < -0.3 is 10.1 Å². The molecular formula is C18H26N4O. The van der Waals surface area contributed by atoms with Crippen LogP contribution in [0, 0.1) is 5.92 Å². The van der Waals surface area contributed by atoms with Crippen LogP contribution in [0.4, 0.5) is 0 Å². The molecule has 1 fully saturated rings. The number of nitrogens with one attached hydrogen (secondary N) is 1. The number of nitrogens with zero attached hydrogens (tertiary/aromatic N) is 3. The highest BCUT2D eigenvalue weighted by Gasteiger charge is 2.18. The lowest BCUT2D eigenvalue weighted by Gasteiger charge is -2.21. The van der Waals surface area contributed by atoms with Crippen LogP contribution in [0.1, 0.15) is 37.0 Å². The van der Waals surface area contributed by atoms with Crippen molar-refractivity contribution in [3.8, 4) is 5.75 Å². The number of hydrogen-bond acceptors (Lipinski definition) is 4. The second-order valence-corrected chi connectivity index (χ2v) is 6.15. The molecule has 124 valence electrons. The first-order valence-electron chi connectivity index (χ1n) is 8.55. The van der Waals surface area contributed by atoms with Crippen LogP contribution in [0.2, 0.25) is 0 Å². The summed E-state index contributed by atoms with van der Waals surface area (Å²) in [5, 5.41) is 8.12. The molecule has 5 nitrogen and oxygen atoms in total. The van der Waals surface area contributed by atoms with Crippen LogP contribution in [0.15, 0.2) is 24.3 Å². The van der Waals surface area contributed by atoms with Gasteiger partial charge in [-0.15, -0.1) is 0 Å². The zero-order valence-corrected chi connectivity index (χ0v) is 14.1. The van der Waals surface area contributed by atoms with E-state index in [1.165, 1.54) is 12.8 Å². The van der Waals surface area contributed by atoms with E-state index in [1.807, 2.05) is 18.2 Å². The Morgan fingerprint density at radius 1 is 1.26 bits per heavy atom. The highest BCUT2D eigenvalue weighted by Crippen LogP contribution is 2.21. The number of aromatic nitrogens is 3. The molecule has 2 heterocycles. The fourth-order valence-corrected chi connectivity index (χ4v) is 3.27. The molecule has 1 aromatic heterocycles. The molecule has 0 spiro atoms. The summed E-state index contributed by atoms with van der Waals surface area (Å²) in [5.74, 6) is 3.65. The van der Waals surface area contributed by atoms with Gasteiger partial charge in [-0.1, -0.05) is 18.2 Å². The first-order valence-corrected chi connectivity index (χ1v) is 8.55. The average Bonchev–Trinajstić information content (AvgIpc) is 2.97. The van der Waals surface area contributed by atoms with E-state index in [1.54, 1.807) is 7.11 Å². The van der Waals surface area contributed by atoms with Gasteiger partial charge >= 0.3 is 0 Å². The van der Waals surface area contributed by atoms with Crippen molar-refractivity contribution in [2.45, 2.75) is 39.2 Å². The maximum absolute atomic E-state index is 5.43. The van der Waals surface area contributed by atoms with E-state index in [2.05, 4.69) is 23.0 Å². The minimum atomic E-state index is 0.718. The molecule has 0 bridgehead atoms. The Bertz CT molecular complexity index is 632. The number of ether oxygens (including phenoxy) is 1. The Kier molecular flexibility index (Phi) is 5.28. The molecule has 0 amide bonds. The van der Waals surface area contributed by atoms with Crippen molar-refractivity contribution >= 4 is 0 Å². The van der Waals surface area contributed by atoms with Crippen molar-refractivity contribution in [2.24, 2.45) is 5.92 Å². The maximum atomic E-state index is 5.43. The Hall–Kier alpha value is -1.88. The topological polar surface area (TPSA) is 52.0 Å². The van der Waals surface area contributed by atoms with Crippen LogP contribution >= 0.6 is 0 Å². The van der Waals surface area contributed by atoms with E-state index >= 15 is 0 Å². The van der Waals surface area contributed by atoms with Gasteiger partial charge in [0.25, 0.3) is 0 Å². The highest BCUT2D eigenvalue weighted by atomic mass is 16.5. The van der Waals surface area contributed by atoms with Crippen LogP contribution in [0.25, 0.3) is 0 Å². The number of benzene rings is 1. The zero-order chi connectivity index (χ0) is 16.1. The molecule has 1 aliphatic heterocycles. The average molecular weight is 314 g/mol. The molecule has 0 aliphatic carbocycles. The Morgan fingerprint density at radius 3 is 2.78 bits per heavy atom. The summed E-state index contributed by atoms with van der Waals surface area (Å²) < 4.78 is 7.50. The molecule has 1 aliphatic rings. The first kappa shape index (κ1) is 16.0. The highest BCUT2D eigenvalue weighted by molar-refractivity contribution is 5.35. The predicted octanol–water partition coefficient (Wildman–Crippen LogP) is 2.44. The number of hydrogen-bond donors (Lipinski definition) is 1. The largest absolute Gasteiger partial charge is 0.496 e. The normalized spacial score (nSPS) is 15.7. The van der Waals surface area contributed by atoms with Gasteiger partial charge in [0.2, 0.25) is 0 Å². The van der Waals surface area contributed by atoms with Crippen molar-refractivity contribution < 1.29 is 4.74 Å². The quantitative estimate of drug-likeness (QED) is 0.890. The monoisotopic (exact) mass is 314 g/mol. The molecule has 1 aromatic carbocycles. The van der Waals surface area contributed by atoms with Gasteiger partial charge in [0.05, 0.1) is 7.11 Å². The van der Waals surface area contributed by atoms with Gasteiger partial charge in [0, 0.05) is 24.9 Å². The van der Waals surface area contributed by atoms with Gasteiger partial charge in [-0.05, 0) is 44.8 Å². The zero-order valence-electron chi connectivity index (χ0n) is 14.1. The van der Waals surface area contributed by atoms with E-state index in [0.717, 1.165) is 61.4 Å². The van der Waals surface area contributed by atoms with E-state index in [0.29, 0.717) is 0 Å². The lowest BCUT2D eigenvalue weighted by Crippen LogP contribution is -2.29. The second-order valence-electron chi connectivity index (χ2n) is 6.15. The lowest BCUT2D eigenvalue weighted by atomic mass is 9.94. The van der Waals surface area contributed by atoms with Crippen LogP contribution in [-0.4, -0.2) is 35.0 Å². The van der Waals surface area contributed by atoms with Crippen molar-refractivity contribution in [3.05, 3.63) is 41.5 Å². The summed E-state index contributed by atoms with van der Waals surface area (Å²) in [6, 6.07) is 8.09. The molecule has 5 heteroatoms. The molecule has 3 rings (SSSR count). The molecule has 0 unspecified atom stereocenters. The van der Waals surface area contributed by atoms with Gasteiger partial charge in [0.1, 0.15) is 11.6 Å². The van der Waals surface area contributed by atoms with Crippen molar-refractivity contribution in [1.29, 1.82) is 0 Å². The SMILES string of the molecule is CCn1nc(Cc2ccccc2OC)nc1CC1CCNCC1. The maximum Gasteiger partial charge on any atom is 0.155 e. The van der Waals surface area contributed by atoms with E-state index in [4.69, 9.17) is 14.8 Å². The fraction of sp³-hybridized carbons (Fsp3) is 0.556. The molecule has 2 aromatic rings. The van der Waals surface area contributed by atoms with E-state index < -0.39 is 0 Å². The molecule has 0 saturated carbocycles. The minimum absolute atomic E-state index is 0.718. The number of piperidine rings is 1. The number of rotatable bonds is 6. The van der Waals surface area contributed by atoms with Crippen molar-refractivity contribution in [2.75, 3.05) is 20.2 Å².